The minimum atomic E-state index is -0.193. The zero-order valence-electron chi connectivity index (χ0n) is 15.8. The van der Waals surface area contributed by atoms with Gasteiger partial charge in [-0.3, -0.25) is 4.79 Å². The van der Waals surface area contributed by atoms with Crippen molar-refractivity contribution in [2.75, 3.05) is 23.8 Å². The van der Waals surface area contributed by atoms with Gasteiger partial charge in [-0.15, -0.1) is 0 Å². The molecule has 0 unspecified atom stereocenters. The van der Waals surface area contributed by atoms with Crippen molar-refractivity contribution in [2.45, 2.75) is 13.8 Å². The summed E-state index contributed by atoms with van der Waals surface area (Å²) in [5.41, 5.74) is 4.42. The van der Waals surface area contributed by atoms with Crippen molar-refractivity contribution in [3.63, 3.8) is 0 Å². The average Bonchev–Trinajstić information content (AvgIpc) is 2.71. The maximum Gasteiger partial charge on any atom is 0.257 e. The van der Waals surface area contributed by atoms with Crippen LogP contribution in [-0.4, -0.2) is 24.1 Å². The molecule has 1 amide bonds. The zero-order valence-corrected chi connectivity index (χ0v) is 15.8. The molecule has 1 aromatic heterocycles. The lowest BCUT2D eigenvalue weighted by molar-refractivity contribution is 0.102. The Balaban J connectivity index is 1.43. The van der Waals surface area contributed by atoms with E-state index in [1.54, 1.807) is 18.3 Å². The van der Waals surface area contributed by atoms with E-state index >= 15 is 0 Å². The molecule has 1 aliphatic rings. The first kappa shape index (κ1) is 17.9. The number of amides is 1. The maximum atomic E-state index is 12.4. The van der Waals surface area contributed by atoms with Crippen molar-refractivity contribution in [1.29, 1.82) is 0 Å². The van der Waals surface area contributed by atoms with E-state index in [1.807, 2.05) is 50.2 Å². The number of nitrogens with zero attached hydrogens (tertiary/aromatic N) is 1. The van der Waals surface area contributed by atoms with Crippen LogP contribution in [0.1, 0.15) is 21.5 Å². The van der Waals surface area contributed by atoms with Gasteiger partial charge in [0.1, 0.15) is 19.0 Å². The molecule has 3 aromatic rings. The molecule has 0 fully saturated rings. The minimum absolute atomic E-state index is 0.193. The number of fused-ring (bicyclic) bond motifs is 1. The van der Waals surface area contributed by atoms with Gasteiger partial charge in [-0.05, 0) is 61.4 Å². The molecule has 6 nitrogen and oxygen atoms in total. The molecule has 0 spiro atoms. The Bertz CT molecular complexity index is 1020. The topological polar surface area (TPSA) is 72.5 Å². The fourth-order valence-electron chi connectivity index (χ4n) is 2.89. The Kier molecular flexibility index (Phi) is 4.85. The van der Waals surface area contributed by atoms with Crippen LogP contribution in [0, 0.1) is 13.8 Å². The fourth-order valence-corrected chi connectivity index (χ4v) is 2.89. The van der Waals surface area contributed by atoms with Crippen LogP contribution >= 0.6 is 0 Å². The van der Waals surface area contributed by atoms with Crippen molar-refractivity contribution >= 4 is 23.1 Å². The number of carbonyl (C=O) groups excluding carboxylic acids is 1. The number of pyridine rings is 1. The lowest BCUT2D eigenvalue weighted by Crippen LogP contribution is -2.15. The van der Waals surface area contributed by atoms with Crippen molar-refractivity contribution in [2.24, 2.45) is 0 Å². The maximum absolute atomic E-state index is 12.4. The largest absolute Gasteiger partial charge is 0.486 e. The van der Waals surface area contributed by atoms with Crippen LogP contribution in [0.4, 0.5) is 17.2 Å². The summed E-state index contributed by atoms with van der Waals surface area (Å²) >= 11 is 0. The molecule has 1 aliphatic heterocycles. The summed E-state index contributed by atoms with van der Waals surface area (Å²) in [5, 5.41) is 6.11. The standard InChI is InChI=1S/C22H21N3O3/c1-14-3-5-17(11-15(14)2)25-22(26)16-4-8-21(23-13-16)24-18-6-7-19-20(12-18)28-10-9-27-19/h3-8,11-13H,9-10H2,1-2H3,(H,23,24)(H,25,26). The molecule has 0 saturated carbocycles. The van der Waals surface area contributed by atoms with Gasteiger partial charge in [0.2, 0.25) is 0 Å². The highest BCUT2D eigenvalue weighted by Crippen LogP contribution is 2.33. The number of hydrogen-bond donors (Lipinski definition) is 2. The van der Waals surface area contributed by atoms with Gasteiger partial charge in [-0.25, -0.2) is 4.98 Å². The minimum Gasteiger partial charge on any atom is -0.486 e. The highest BCUT2D eigenvalue weighted by Gasteiger charge is 2.12. The SMILES string of the molecule is Cc1ccc(NC(=O)c2ccc(Nc3ccc4c(c3)OCCO4)nc2)cc1C. The van der Waals surface area contributed by atoms with Gasteiger partial charge >= 0.3 is 0 Å². The Hall–Kier alpha value is -3.54. The van der Waals surface area contributed by atoms with E-state index in [0.29, 0.717) is 30.3 Å². The van der Waals surface area contributed by atoms with E-state index in [9.17, 15) is 4.79 Å². The predicted molar refractivity (Wildman–Crippen MR) is 109 cm³/mol. The summed E-state index contributed by atoms with van der Waals surface area (Å²) in [6.07, 6.45) is 1.55. The van der Waals surface area contributed by atoms with Crippen LogP contribution in [0.15, 0.2) is 54.7 Å². The smallest absolute Gasteiger partial charge is 0.257 e. The van der Waals surface area contributed by atoms with Crippen molar-refractivity contribution in [3.8, 4) is 11.5 Å². The van der Waals surface area contributed by atoms with Crippen LogP contribution < -0.4 is 20.1 Å². The van der Waals surface area contributed by atoms with Gasteiger partial charge in [0.15, 0.2) is 11.5 Å². The monoisotopic (exact) mass is 375 g/mol. The fraction of sp³-hybridized carbons (Fsp3) is 0.182. The number of aryl methyl sites for hydroxylation is 2. The predicted octanol–water partition coefficient (Wildman–Crippen LogP) is 4.47. The first-order chi connectivity index (χ1) is 13.6. The van der Waals surface area contributed by atoms with Crippen LogP contribution in [0.2, 0.25) is 0 Å². The van der Waals surface area contributed by atoms with E-state index in [1.165, 1.54) is 5.56 Å². The Morgan fingerprint density at radius 1 is 0.893 bits per heavy atom. The van der Waals surface area contributed by atoms with E-state index in [2.05, 4.69) is 15.6 Å². The molecule has 0 aliphatic carbocycles. The summed E-state index contributed by atoms with van der Waals surface area (Å²) in [6.45, 7) is 5.16. The number of anilines is 3. The second-order valence-electron chi connectivity index (χ2n) is 6.67. The molecule has 0 bridgehead atoms. The summed E-state index contributed by atoms with van der Waals surface area (Å²) in [7, 11) is 0. The van der Waals surface area contributed by atoms with Gasteiger partial charge in [0, 0.05) is 23.6 Å². The van der Waals surface area contributed by atoms with Gasteiger partial charge in [0.25, 0.3) is 5.91 Å². The average molecular weight is 375 g/mol. The Morgan fingerprint density at radius 2 is 1.68 bits per heavy atom. The molecule has 4 rings (SSSR count). The quantitative estimate of drug-likeness (QED) is 0.704. The number of rotatable bonds is 4. The van der Waals surface area contributed by atoms with E-state index in [0.717, 1.165) is 22.7 Å². The van der Waals surface area contributed by atoms with E-state index in [-0.39, 0.29) is 5.91 Å². The molecule has 0 radical (unpaired) electrons. The molecule has 28 heavy (non-hydrogen) atoms. The van der Waals surface area contributed by atoms with Crippen LogP contribution in [0.5, 0.6) is 11.5 Å². The second kappa shape index (κ2) is 7.60. The lowest BCUT2D eigenvalue weighted by atomic mass is 10.1. The molecular weight excluding hydrogens is 354 g/mol. The molecule has 0 saturated heterocycles. The van der Waals surface area contributed by atoms with Crippen molar-refractivity contribution < 1.29 is 14.3 Å². The van der Waals surface area contributed by atoms with E-state index < -0.39 is 0 Å². The molecule has 2 aromatic carbocycles. The number of benzene rings is 2. The second-order valence-corrected chi connectivity index (χ2v) is 6.67. The van der Waals surface area contributed by atoms with Crippen LogP contribution in [0.25, 0.3) is 0 Å². The third kappa shape index (κ3) is 3.91. The van der Waals surface area contributed by atoms with E-state index in [4.69, 9.17) is 9.47 Å². The Labute approximate surface area is 163 Å². The van der Waals surface area contributed by atoms with Crippen molar-refractivity contribution in [3.05, 3.63) is 71.4 Å². The summed E-state index contributed by atoms with van der Waals surface area (Å²) < 4.78 is 11.1. The molecule has 6 heteroatoms. The Morgan fingerprint density at radius 3 is 2.43 bits per heavy atom. The van der Waals surface area contributed by atoms with Crippen LogP contribution in [-0.2, 0) is 0 Å². The van der Waals surface area contributed by atoms with Gasteiger partial charge < -0.3 is 20.1 Å². The molecule has 0 atom stereocenters. The zero-order chi connectivity index (χ0) is 19.5. The highest BCUT2D eigenvalue weighted by molar-refractivity contribution is 6.04. The number of nitrogens with one attached hydrogen (secondary N) is 2. The first-order valence-electron chi connectivity index (χ1n) is 9.10. The molecule has 2 heterocycles. The first-order valence-corrected chi connectivity index (χ1v) is 9.10. The summed E-state index contributed by atoms with van der Waals surface area (Å²) in [5.74, 6) is 1.89. The number of carbonyl (C=O) groups is 1. The highest BCUT2D eigenvalue weighted by atomic mass is 16.6. The van der Waals surface area contributed by atoms with Gasteiger partial charge in [-0.1, -0.05) is 6.07 Å². The van der Waals surface area contributed by atoms with Crippen molar-refractivity contribution in [1.82, 2.24) is 4.98 Å². The summed E-state index contributed by atoms with van der Waals surface area (Å²) in [6, 6.07) is 15.0. The summed E-state index contributed by atoms with van der Waals surface area (Å²) in [4.78, 5) is 16.8. The molecular formula is C22H21N3O3. The van der Waals surface area contributed by atoms with Gasteiger partial charge in [0.05, 0.1) is 5.56 Å². The number of aromatic nitrogens is 1. The number of ether oxygens (including phenoxy) is 2. The normalized spacial score (nSPS) is 12.4. The molecule has 142 valence electrons. The van der Waals surface area contributed by atoms with Crippen LogP contribution in [0.3, 0.4) is 0 Å². The van der Waals surface area contributed by atoms with Gasteiger partial charge in [-0.2, -0.15) is 0 Å². The third-order valence-corrected chi connectivity index (χ3v) is 4.61. The lowest BCUT2D eigenvalue weighted by Gasteiger charge is -2.19. The number of hydrogen-bond acceptors (Lipinski definition) is 5. The molecule has 2 N–H and O–H groups in total. The third-order valence-electron chi connectivity index (χ3n) is 4.61.